The molecule has 0 aliphatic heterocycles. The first-order valence-electron chi connectivity index (χ1n) is 8.04. The van der Waals surface area contributed by atoms with Gasteiger partial charge in [-0.05, 0) is 36.4 Å². The summed E-state index contributed by atoms with van der Waals surface area (Å²) < 4.78 is 61.8. The Morgan fingerprint density at radius 3 is 1.32 bits per heavy atom. The average Bonchev–Trinajstić information content (AvgIpc) is 2.67. The van der Waals surface area contributed by atoms with Gasteiger partial charge in [-0.15, -0.1) is 0 Å². The molecule has 0 saturated carbocycles. The van der Waals surface area contributed by atoms with E-state index in [0.29, 0.717) is 0 Å². The molecule has 0 amide bonds. The molecular weight excluding hydrogens is 491 g/mol. The van der Waals surface area contributed by atoms with Gasteiger partial charge >= 0.3 is 17.1 Å². The van der Waals surface area contributed by atoms with E-state index in [-0.39, 0.29) is 60.2 Å². The first-order valence-corrected chi connectivity index (χ1v) is 10.9. The molecule has 0 bridgehead atoms. The summed E-state index contributed by atoms with van der Waals surface area (Å²) in [6, 6.07) is 10.1. The van der Waals surface area contributed by atoms with Crippen LogP contribution in [0.2, 0.25) is 0 Å². The van der Waals surface area contributed by atoms with Crippen LogP contribution in [0.25, 0.3) is 21.8 Å². The Kier molecular flexibility index (Phi) is 7.21. The van der Waals surface area contributed by atoms with Crippen molar-refractivity contribution in [2.75, 3.05) is 0 Å². The molecule has 161 valence electrons. The largest absolute Gasteiger partial charge is 2.00 e. The molecule has 0 aliphatic rings. The minimum atomic E-state index is -4.33. The van der Waals surface area contributed by atoms with Crippen molar-refractivity contribution >= 4 is 42.0 Å². The first kappa shape index (κ1) is 24.5. The Morgan fingerprint density at radius 2 is 1.00 bits per heavy atom. The van der Waals surface area contributed by atoms with Crippen molar-refractivity contribution < 1.29 is 53.2 Å². The third-order valence-corrected chi connectivity index (χ3v) is 5.76. The SMILES string of the molecule is O=S(=O)(O)c1ccc([O-])c2ncccc12.O=S(=O)(O)c1ccc([O-])c2ncccc12.[Mn+2]. The summed E-state index contributed by atoms with van der Waals surface area (Å²) in [5.41, 5.74) is 0.0697. The van der Waals surface area contributed by atoms with Gasteiger partial charge in [0.15, 0.2) is 0 Å². The van der Waals surface area contributed by atoms with Crippen LogP contribution in [-0.2, 0) is 37.3 Å². The molecule has 31 heavy (non-hydrogen) atoms. The molecule has 2 aromatic heterocycles. The molecule has 0 saturated heterocycles. The van der Waals surface area contributed by atoms with Crippen LogP contribution in [0, 0.1) is 0 Å². The van der Waals surface area contributed by atoms with E-state index in [1.165, 1.54) is 36.7 Å². The number of hydrogen-bond acceptors (Lipinski definition) is 8. The van der Waals surface area contributed by atoms with Crippen molar-refractivity contribution in [2.45, 2.75) is 9.79 Å². The summed E-state index contributed by atoms with van der Waals surface area (Å²) >= 11 is 0. The van der Waals surface area contributed by atoms with Crippen molar-refractivity contribution in [2.24, 2.45) is 0 Å². The smallest absolute Gasteiger partial charge is 0.871 e. The summed E-state index contributed by atoms with van der Waals surface area (Å²) in [5, 5.41) is 22.9. The summed E-state index contributed by atoms with van der Waals surface area (Å²) in [6.07, 6.45) is 2.77. The van der Waals surface area contributed by atoms with Crippen LogP contribution in [0.15, 0.2) is 70.7 Å². The second kappa shape index (κ2) is 9.14. The van der Waals surface area contributed by atoms with Crippen LogP contribution in [0.1, 0.15) is 0 Å². The number of benzene rings is 2. The van der Waals surface area contributed by atoms with Crippen molar-refractivity contribution in [1.29, 1.82) is 0 Å². The molecule has 0 aliphatic carbocycles. The van der Waals surface area contributed by atoms with Gasteiger partial charge in [-0.3, -0.25) is 19.1 Å². The van der Waals surface area contributed by atoms with Crippen molar-refractivity contribution in [3.8, 4) is 11.5 Å². The molecule has 13 heteroatoms. The molecular formula is C18H12MnN2O8S2. The molecule has 2 heterocycles. The van der Waals surface area contributed by atoms with E-state index in [2.05, 4.69) is 9.97 Å². The minimum absolute atomic E-state index is 0. The molecule has 2 aromatic carbocycles. The zero-order valence-electron chi connectivity index (χ0n) is 15.2. The number of hydrogen-bond donors (Lipinski definition) is 2. The summed E-state index contributed by atoms with van der Waals surface area (Å²) in [4.78, 5) is 6.93. The monoisotopic (exact) mass is 503 g/mol. The van der Waals surface area contributed by atoms with Gasteiger partial charge in [0.1, 0.15) is 9.79 Å². The van der Waals surface area contributed by atoms with Crippen LogP contribution in [0.4, 0.5) is 0 Å². The second-order valence-electron chi connectivity index (χ2n) is 5.87. The maximum Gasteiger partial charge on any atom is 2.00 e. The third kappa shape index (κ3) is 5.28. The van der Waals surface area contributed by atoms with E-state index in [0.717, 1.165) is 24.3 Å². The van der Waals surface area contributed by atoms with E-state index in [1.807, 2.05) is 0 Å². The van der Waals surface area contributed by atoms with Crippen molar-refractivity contribution in [1.82, 2.24) is 9.97 Å². The van der Waals surface area contributed by atoms with E-state index < -0.39 is 20.2 Å². The fraction of sp³-hybridized carbons (Fsp3) is 0. The van der Waals surface area contributed by atoms with Gasteiger partial charge in [0, 0.05) is 23.2 Å². The van der Waals surface area contributed by atoms with Gasteiger partial charge in [-0.25, -0.2) is 0 Å². The standard InChI is InChI=1S/2C9H7NO4S.Mn/c2*11-7-3-4-8(15(12,13)14)6-2-1-5-10-9(6)7;/h2*1-5,11H,(H,12,13,14);/q;;+2/p-2. The fourth-order valence-corrected chi connectivity index (χ4v) is 4.06. The Labute approximate surface area is 187 Å². The topological polar surface area (TPSA) is 181 Å². The zero-order chi connectivity index (χ0) is 22.1. The van der Waals surface area contributed by atoms with Gasteiger partial charge in [-0.2, -0.15) is 16.8 Å². The van der Waals surface area contributed by atoms with E-state index >= 15 is 0 Å². The number of aromatic nitrogens is 2. The Balaban J connectivity index is 0.000000213. The molecule has 0 unspecified atom stereocenters. The second-order valence-corrected chi connectivity index (χ2v) is 8.65. The van der Waals surface area contributed by atoms with Gasteiger partial charge in [0.2, 0.25) is 0 Å². The van der Waals surface area contributed by atoms with Crippen LogP contribution in [0.5, 0.6) is 11.5 Å². The van der Waals surface area contributed by atoms with Gasteiger partial charge < -0.3 is 10.2 Å². The number of fused-ring (bicyclic) bond motifs is 2. The quantitative estimate of drug-likeness (QED) is 0.297. The molecule has 4 aromatic rings. The summed E-state index contributed by atoms with van der Waals surface area (Å²) in [6.45, 7) is 0. The molecule has 2 N–H and O–H groups in total. The maximum atomic E-state index is 11.3. The fourth-order valence-electron chi connectivity index (χ4n) is 2.69. The van der Waals surface area contributed by atoms with Gasteiger partial charge in [-0.1, -0.05) is 23.6 Å². The normalized spacial score (nSPS) is 11.4. The molecule has 0 atom stereocenters. The van der Waals surface area contributed by atoms with Crippen LogP contribution >= 0.6 is 0 Å². The summed E-state index contributed by atoms with van der Waals surface area (Å²) in [7, 11) is -8.65. The summed E-state index contributed by atoms with van der Waals surface area (Å²) in [5.74, 6) is -0.754. The Bertz CT molecular complexity index is 1360. The predicted molar refractivity (Wildman–Crippen MR) is 102 cm³/mol. The number of pyridine rings is 2. The molecule has 10 nitrogen and oxygen atoms in total. The predicted octanol–water partition coefficient (Wildman–Crippen LogP) is 1.11. The van der Waals surface area contributed by atoms with Crippen LogP contribution in [0.3, 0.4) is 0 Å². The van der Waals surface area contributed by atoms with Gasteiger partial charge in [0.05, 0.1) is 11.0 Å². The molecule has 1 radical (unpaired) electrons. The van der Waals surface area contributed by atoms with E-state index in [9.17, 15) is 27.0 Å². The average molecular weight is 503 g/mol. The molecule has 0 spiro atoms. The van der Waals surface area contributed by atoms with E-state index in [4.69, 9.17) is 9.11 Å². The third-order valence-electron chi connectivity index (χ3n) is 3.94. The molecule has 4 rings (SSSR count). The number of nitrogens with zero attached hydrogens (tertiary/aromatic N) is 2. The Hall–Kier alpha value is -2.80. The zero-order valence-corrected chi connectivity index (χ0v) is 18.0. The maximum absolute atomic E-state index is 11.3. The first-order chi connectivity index (χ1) is 14.0. The van der Waals surface area contributed by atoms with Crippen molar-refractivity contribution in [3.05, 3.63) is 60.9 Å². The van der Waals surface area contributed by atoms with Gasteiger partial charge in [0.25, 0.3) is 20.2 Å². The van der Waals surface area contributed by atoms with E-state index in [1.54, 1.807) is 0 Å². The molecule has 0 fully saturated rings. The minimum Gasteiger partial charge on any atom is -0.871 e. The Morgan fingerprint density at radius 1 is 0.645 bits per heavy atom. The van der Waals surface area contributed by atoms with Crippen molar-refractivity contribution in [3.63, 3.8) is 0 Å². The van der Waals surface area contributed by atoms with Crippen LogP contribution < -0.4 is 10.2 Å². The van der Waals surface area contributed by atoms with Crippen LogP contribution in [-0.4, -0.2) is 35.9 Å². The number of rotatable bonds is 2.